The molecule has 104 valence electrons. The molecule has 4 nitrogen and oxygen atoms in total. The zero-order valence-corrected chi connectivity index (χ0v) is 12.4. The van der Waals surface area contributed by atoms with Gasteiger partial charge in [-0.2, -0.15) is 5.10 Å². The number of piperidine rings is 1. The van der Waals surface area contributed by atoms with Gasteiger partial charge < -0.3 is 5.32 Å². The van der Waals surface area contributed by atoms with Crippen LogP contribution in [0.15, 0.2) is 12.4 Å². The highest BCUT2D eigenvalue weighted by molar-refractivity contribution is 5.85. The molecule has 2 heterocycles. The van der Waals surface area contributed by atoms with Crippen LogP contribution >= 0.6 is 12.4 Å². The normalized spacial score (nSPS) is 21.0. The minimum atomic E-state index is 0. The van der Waals surface area contributed by atoms with E-state index < -0.39 is 0 Å². The standard InChI is InChI=1S/C13H24N4.ClH/c1-11(2)17-9-12(7-15-17)8-16-6-4-5-13(10-16)14-3;/h7,9,11,13-14H,4-6,8,10H2,1-3H3;1H. The van der Waals surface area contributed by atoms with E-state index >= 15 is 0 Å². The molecule has 18 heavy (non-hydrogen) atoms. The van der Waals surface area contributed by atoms with Crippen LogP contribution in [0.3, 0.4) is 0 Å². The van der Waals surface area contributed by atoms with Gasteiger partial charge >= 0.3 is 0 Å². The summed E-state index contributed by atoms with van der Waals surface area (Å²) in [5.74, 6) is 0. The van der Waals surface area contributed by atoms with Crippen molar-refractivity contribution in [2.75, 3.05) is 20.1 Å². The predicted molar refractivity (Wildman–Crippen MR) is 77.2 cm³/mol. The summed E-state index contributed by atoms with van der Waals surface area (Å²) in [7, 11) is 2.06. The lowest BCUT2D eigenvalue weighted by molar-refractivity contribution is 0.188. The van der Waals surface area contributed by atoms with Gasteiger partial charge in [-0.15, -0.1) is 12.4 Å². The van der Waals surface area contributed by atoms with Crippen LogP contribution in [0.25, 0.3) is 0 Å². The summed E-state index contributed by atoms with van der Waals surface area (Å²) in [5, 5.41) is 7.78. The zero-order valence-electron chi connectivity index (χ0n) is 11.6. The fourth-order valence-corrected chi connectivity index (χ4v) is 2.43. The third kappa shape index (κ3) is 3.97. The molecular weight excluding hydrogens is 248 g/mol. The molecule has 1 aliphatic heterocycles. The molecule has 1 aromatic heterocycles. The maximum Gasteiger partial charge on any atom is 0.0534 e. The van der Waals surface area contributed by atoms with E-state index in [0.717, 1.165) is 13.1 Å². The van der Waals surface area contributed by atoms with Gasteiger partial charge in [0.25, 0.3) is 0 Å². The molecule has 0 aliphatic carbocycles. The summed E-state index contributed by atoms with van der Waals surface area (Å²) < 4.78 is 2.04. The molecule has 1 fully saturated rings. The molecule has 5 heteroatoms. The Bertz CT molecular complexity index is 351. The van der Waals surface area contributed by atoms with Gasteiger partial charge in [0, 0.05) is 36.9 Å². The van der Waals surface area contributed by atoms with Crippen molar-refractivity contribution in [1.29, 1.82) is 0 Å². The molecule has 1 aromatic rings. The molecule has 0 aromatic carbocycles. The van der Waals surface area contributed by atoms with Crippen LogP contribution in [-0.4, -0.2) is 40.9 Å². The molecule has 0 radical (unpaired) electrons. The first kappa shape index (κ1) is 15.5. The fourth-order valence-electron chi connectivity index (χ4n) is 2.43. The van der Waals surface area contributed by atoms with Gasteiger partial charge in [0.05, 0.1) is 6.20 Å². The van der Waals surface area contributed by atoms with Crippen molar-refractivity contribution < 1.29 is 0 Å². The lowest BCUT2D eigenvalue weighted by Gasteiger charge is -2.32. The number of halogens is 1. The van der Waals surface area contributed by atoms with Gasteiger partial charge in [-0.25, -0.2) is 0 Å². The van der Waals surface area contributed by atoms with Crippen molar-refractivity contribution in [3.05, 3.63) is 18.0 Å². The lowest BCUT2D eigenvalue weighted by atomic mass is 10.1. The van der Waals surface area contributed by atoms with E-state index in [1.807, 2.05) is 10.9 Å². The number of nitrogens with one attached hydrogen (secondary N) is 1. The van der Waals surface area contributed by atoms with Crippen molar-refractivity contribution >= 4 is 12.4 Å². The number of rotatable bonds is 4. The SMILES string of the molecule is CNC1CCCN(Cc2cnn(C(C)C)c2)C1.Cl. The molecule has 1 N–H and O–H groups in total. The van der Waals surface area contributed by atoms with Gasteiger partial charge in [0.1, 0.15) is 0 Å². The number of likely N-dealkylation sites (tertiary alicyclic amines) is 1. The summed E-state index contributed by atoms with van der Waals surface area (Å²) in [6.07, 6.45) is 6.78. The second kappa shape index (κ2) is 7.12. The molecule has 1 aliphatic rings. The minimum absolute atomic E-state index is 0. The van der Waals surface area contributed by atoms with Crippen LogP contribution in [0.4, 0.5) is 0 Å². The third-order valence-electron chi connectivity index (χ3n) is 3.50. The van der Waals surface area contributed by atoms with E-state index in [2.05, 4.69) is 42.4 Å². The van der Waals surface area contributed by atoms with Crippen LogP contribution < -0.4 is 5.32 Å². The molecule has 1 saturated heterocycles. The third-order valence-corrected chi connectivity index (χ3v) is 3.50. The Kier molecular flexibility index (Phi) is 6.12. The summed E-state index contributed by atoms with van der Waals surface area (Å²) in [6, 6.07) is 1.11. The first-order valence-corrected chi connectivity index (χ1v) is 6.61. The Labute approximate surface area is 116 Å². The molecule has 1 unspecified atom stereocenters. The molecule has 0 amide bonds. The van der Waals surface area contributed by atoms with Crippen LogP contribution in [0.2, 0.25) is 0 Å². The van der Waals surface area contributed by atoms with Gasteiger partial charge in [-0.1, -0.05) is 0 Å². The molecule has 1 atom stereocenters. The topological polar surface area (TPSA) is 33.1 Å². The van der Waals surface area contributed by atoms with Crippen molar-refractivity contribution in [3.8, 4) is 0 Å². The number of nitrogens with zero attached hydrogens (tertiary/aromatic N) is 3. The van der Waals surface area contributed by atoms with Crippen molar-refractivity contribution in [2.45, 2.75) is 45.3 Å². The average molecular weight is 273 g/mol. The zero-order chi connectivity index (χ0) is 12.3. The van der Waals surface area contributed by atoms with Crippen LogP contribution in [0.1, 0.15) is 38.3 Å². The van der Waals surface area contributed by atoms with E-state index in [4.69, 9.17) is 0 Å². The van der Waals surface area contributed by atoms with E-state index in [1.165, 1.54) is 24.9 Å². The maximum absolute atomic E-state index is 4.39. The Balaban J connectivity index is 0.00000162. The Morgan fingerprint density at radius 2 is 2.28 bits per heavy atom. The first-order valence-electron chi connectivity index (χ1n) is 6.61. The van der Waals surface area contributed by atoms with E-state index in [9.17, 15) is 0 Å². The quantitative estimate of drug-likeness (QED) is 0.911. The first-order chi connectivity index (χ1) is 8.19. The molecular formula is C13H25ClN4. The Morgan fingerprint density at radius 3 is 2.89 bits per heavy atom. The summed E-state index contributed by atoms with van der Waals surface area (Å²) >= 11 is 0. The van der Waals surface area contributed by atoms with Gasteiger partial charge in [-0.05, 0) is 40.3 Å². The fraction of sp³-hybridized carbons (Fsp3) is 0.769. The summed E-state index contributed by atoms with van der Waals surface area (Å²) in [5.41, 5.74) is 1.33. The van der Waals surface area contributed by atoms with E-state index in [-0.39, 0.29) is 12.4 Å². The van der Waals surface area contributed by atoms with Crippen LogP contribution in [-0.2, 0) is 6.54 Å². The van der Waals surface area contributed by atoms with Crippen LogP contribution in [0.5, 0.6) is 0 Å². The molecule has 2 rings (SSSR count). The van der Waals surface area contributed by atoms with Gasteiger partial charge in [-0.3, -0.25) is 9.58 Å². The molecule has 0 saturated carbocycles. The van der Waals surface area contributed by atoms with E-state index in [0.29, 0.717) is 12.1 Å². The molecule has 0 bridgehead atoms. The smallest absolute Gasteiger partial charge is 0.0534 e. The largest absolute Gasteiger partial charge is 0.316 e. The highest BCUT2D eigenvalue weighted by Crippen LogP contribution is 2.14. The highest BCUT2D eigenvalue weighted by Gasteiger charge is 2.18. The van der Waals surface area contributed by atoms with Crippen molar-refractivity contribution in [3.63, 3.8) is 0 Å². The van der Waals surface area contributed by atoms with Crippen LogP contribution in [0, 0.1) is 0 Å². The summed E-state index contributed by atoms with van der Waals surface area (Å²) in [6.45, 7) is 7.72. The second-order valence-electron chi connectivity index (χ2n) is 5.29. The van der Waals surface area contributed by atoms with E-state index in [1.54, 1.807) is 0 Å². The average Bonchev–Trinajstić information content (AvgIpc) is 2.78. The monoisotopic (exact) mass is 272 g/mol. The van der Waals surface area contributed by atoms with Crippen molar-refractivity contribution in [1.82, 2.24) is 20.0 Å². The minimum Gasteiger partial charge on any atom is -0.316 e. The second-order valence-corrected chi connectivity index (χ2v) is 5.29. The lowest BCUT2D eigenvalue weighted by Crippen LogP contribution is -2.43. The van der Waals surface area contributed by atoms with Crippen molar-refractivity contribution in [2.24, 2.45) is 0 Å². The number of aromatic nitrogens is 2. The molecule has 0 spiro atoms. The number of hydrogen-bond donors (Lipinski definition) is 1. The maximum atomic E-state index is 4.39. The summed E-state index contributed by atoms with van der Waals surface area (Å²) in [4.78, 5) is 2.52. The van der Waals surface area contributed by atoms with Gasteiger partial charge in [0.2, 0.25) is 0 Å². The Hall–Kier alpha value is -0.580. The van der Waals surface area contributed by atoms with Gasteiger partial charge in [0.15, 0.2) is 0 Å². The Morgan fingerprint density at radius 1 is 1.50 bits per heavy atom. The number of hydrogen-bond acceptors (Lipinski definition) is 3. The number of likely N-dealkylation sites (N-methyl/N-ethyl adjacent to an activating group) is 1. The predicted octanol–water partition coefficient (Wildman–Crippen LogP) is 2.07. The highest BCUT2D eigenvalue weighted by atomic mass is 35.5.